The lowest BCUT2D eigenvalue weighted by molar-refractivity contribution is -0.555. The van der Waals surface area contributed by atoms with Gasteiger partial charge in [0.05, 0.1) is 26.7 Å². The number of hydrogen-bond acceptors (Lipinski definition) is 4. The molecule has 1 aromatic heterocycles. The molecular weight excluding hydrogens is 679 g/mol. The van der Waals surface area contributed by atoms with Crippen molar-refractivity contribution in [2.45, 2.75) is 38.6 Å². The first-order valence-electron chi connectivity index (χ1n) is 19.4. The van der Waals surface area contributed by atoms with Crippen LogP contribution in [0.4, 0.5) is 0 Å². The first-order valence-corrected chi connectivity index (χ1v) is 20.2. The van der Waals surface area contributed by atoms with Crippen LogP contribution in [0.1, 0.15) is 37.7 Å². The van der Waals surface area contributed by atoms with Crippen molar-refractivity contribution in [3.05, 3.63) is 174 Å². The van der Waals surface area contributed by atoms with Crippen molar-refractivity contribution in [3.63, 3.8) is 0 Å². The van der Waals surface area contributed by atoms with E-state index in [0.29, 0.717) is 0 Å². The van der Waals surface area contributed by atoms with Gasteiger partial charge >= 0.3 is 0 Å². The van der Waals surface area contributed by atoms with Crippen LogP contribution in [-0.4, -0.2) is 48.2 Å². The van der Waals surface area contributed by atoms with Crippen molar-refractivity contribution in [2.75, 3.05) is 26.7 Å². The van der Waals surface area contributed by atoms with E-state index in [9.17, 15) is 4.79 Å². The average molecular weight is 727 g/mol. The number of ether oxygens (including phenoxy) is 1. The maximum absolute atomic E-state index is 13.0. The van der Waals surface area contributed by atoms with Gasteiger partial charge in [0.2, 0.25) is 5.84 Å². The van der Waals surface area contributed by atoms with Crippen molar-refractivity contribution in [3.8, 4) is 5.75 Å². The minimum atomic E-state index is -1.22. The van der Waals surface area contributed by atoms with Crippen LogP contribution in [0.5, 0.6) is 5.75 Å². The molecule has 0 amide bonds. The lowest BCUT2D eigenvalue weighted by Gasteiger charge is -2.44. The fraction of sp³-hybridized carbons (Fsp3) is 0.208. The van der Waals surface area contributed by atoms with Gasteiger partial charge in [-0.3, -0.25) is 14.3 Å². The van der Waals surface area contributed by atoms with E-state index in [1.54, 1.807) is 18.4 Å². The van der Waals surface area contributed by atoms with Crippen molar-refractivity contribution in [2.24, 2.45) is 0 Å². The monoisotopic (exact) mass is 726 g/mol. The maximum Gasteiger partial charge on any atom is 0.247 e. The van der Waals surface area contributed by atoms with Crippen molar-refractivity contribution >= 4 is 65.3 Å². The molecule has 0 aliphatic carbocycles. The first-order chi connectivity index (χ1) is 26.7. The molecule has 0 radical (unpaired) electrons. The van der Waals surface area contributed by atoms with E-state index in [1.807, 2.05) is 30.3 Å². The van der Waals surface area contributed by atoms with Crippen LogP contribution in [0.25, 0.3) is 20.2 Å². The molecule has 54 heavy (non-hydrogen) atoms. The third kappa shape index (κ3) is 6.99. The molecular formula is C48H47BN2O2S. The second-order valence-electron chi connectivity index (χ2n) is 14.6. The van der Waals surface area contributed by atoms with E-state index >= 15 is 0 Å². The van der Waals surface area contributed by atoms with E-state index in [2.05, 4.69) is 137 Å². The summed E-state index contributed by atoms with van der Waals surface area (Å²) < 4.78 is 10.4. The lowest BCUT2D eigenvalue weighted by atomic mass is 9.13. The third-order valence-corrected chi connectivity index (χ3v) is 12.6. The highest BCUT2D eigenvalue weighted by molar-refractivity contribution is 7.24. The van der Waals surface area contributed by atoms with E-state index in [4.69, 9.17) is 4.74 Å². The summed E-state index contributed by atoms with van der Waals surface area (Å²) in [6.07, 6.45) is 5.08. The summed E-state index contributed by atoms with van der Waals surface area (Å²) in [4.78, 5) is 15.6. The largest absolute Gasteiger partial charge is 0.496 e. The summed E-state index contributed by atoms with van der Waals surface area (Å²) in [6, 6.07) is 55.5. The van der Waals surface area contributed by atoms with E-state index in [-0.39, 0.29) is 5.43 Å². The molecule has 6 heteroatoms. The highest BCUT2D eigenvalue weighted by Gasteiger charge is 2.31. The SMILES string of the molecule is COc1cc2c(=O)c3ccccc3sc2cc1C[N+]1=C2CCCCCN2CCC1.c1ccc([B-](c2ccccc2)(c2ccccc2)c2ccccc2)cc1. The smallest absolute Gasteiger partial charge is 0.247 e. The number of hydrogen-bond donors (Lipinski definition) is 0. The van der Waals surface area contributed by atoms with E-state index in [1.165, 1.54) is 78.4 Å². The molecule has 2 aliphatic rings. The van der Waals surface area contributed by atoms with Gasteiger partial charge in [0.1, 0.15) is 18.4 Å². The quantitative estimate of drug-likeness (QED) is 0.0961. The molecule has 270 valence electrons. The maximum atomic E-state index is 13.0. The number of nitrogens with zero attached hydrogens (tertiary/aromatic N) is 2. The van der Waals surface area contributed by atoms with Crippen LogP contribution in [0.15, 0.2) is 163 Å². The van der Waals surface area contributed by atoms with Crippen LogP contribution >= 0.6 is 11.3 Å². The highest BCUT2D eigenvalue weighted by Crippen LogP contribution is 2.31. The molecule has 0 unspecified atom stereocenters. The summed E-state index contributed by atoms with van der Waals surface area (Å²) >= 11 is 1.70. The minimum absolute atomic E-state index is 0.0986. The van der Waals surface area contributed by atoms with Crippen LogP contribution in [0, 0.1) is 0 Å². The zero-order chi connectivity index (χ0) is 36.7. The standard InChI is InChI=1S/C24H20B.C24H27N2O2S/c1-5-13-21(14-6-1)25(22-15-7-2-8-16-22,23-17-9-3-10-18-23)24-19-11-4-12-20-24;1-28-20-15-19-22(29-21-9-5-4-8-18(21)24(19)27)14-17(20)16-26-13-7-12-25-11-6-2-3-10-23(25)26/h1-20H;4-5,8-9,14-15H,2-3,6-7,10-13,16H2,1H3/q-1;+1. The van der Waals surface area contributed by atoms with Gasteiger partial charge in [-0.05, 0) is 43.5 Å². The predicted molar refractivity (Wildman–Crippen MR) is 231 cm³/mol. The predicted octanol–water partition coefficient (Wildman–Crippen LogP) is 7.68. The Balaban J connectivity index is 0.000000155. The van der Waals surface area contributed by atoms with Crippen molar-refractivity contribution in [1.29, 1.82) is 0 Å². The first kappa shape index (κ1) is 35.6. The van der Waals surface area contributed by atoms with E-state index in [0.717, 1.165) is 39.0 Å². The summed E-state index contributed by atoms with van der Waals surface area (Å²) in [6.45, 7) is 4.32. The lowest BCUT2D eigenvalue weighted by Crippen LogP contribution is -2.74. The van der Waals surface area contributed by atoms with Crippen molar-refractivity contribution < 1.29 is 9.31 Å². The Morgan fingerprint density at radius 2 is 1.15 bits per heavy atom. The Hall–Kier alpha value is -5.46. The van der Waals surface area contributed by atoms with E-state index < -0.39 is 6.15 Å². The fourth-order valence-electron chi connectivity index (χ4n) is 8.91. The highest BCUT2D eigenvalue weighted by atomic mass is 32.1. The summed E-state index contributed by atoms with van der Waals surface area (Å²) in [5, 5.41) is 1.55. The normalized spacial score (nSPS) is 14.6. The number of amidine groups is 1. The number of methoxy groups -OCH3 is 1. The second-order valence-corrected chi connectivity index (χ2v) is 15.7. The van der Waals surface area contributed by atoms with Gasteiger partial charge in [0.15, 0.2) is 5.43 Å². The summed E-state index contributed by atoms with van der Waals surface area (Å²) in [7, 11) is 1.71. The molecule has 2 aliphatic heterocycles. The zero-order valence-electron chi connectivity index (χ0n) is 31.1. The Bertz CT molecular complexity index is 2270. The van der Waals surface area contributed by atoms with Crippen LogP contribution < -0.4 is 32.0 Å². The molecule has 0 saturated carbocycles. The Morgan fingerprint density at radius 3 is 1.72 bits per heavy atom. The third-order valence-electron chi connectivity index (χ3n) is 11.5. The number of rotatable bonds is 7. The van der Waals surface area contributed by atoms with Gasteiger partial charge in [-0.1, -0.05) is 133 Å². The molecule has 0 N–H and O–H groups in total. The molecule has 1 fully saturated rings. The molecule has 0 atom stereocenters. The van der Waals surface area contributed by atoms with Gasteiger partial charge in [-0.25, -0.2) is 0 Å². The van der Waals surface area contributed by atoms with Gasteiger partial charge in [-0.15, -0.1) is 11.3 Å². The van der Waals surface area contributed by atoms with Gasteiger partial charge in [0, 0.05) is 38.6 Å². The number of benzene rings is 6. The van der Waals surface area contributed by atoms with Crippen LogP contribution in [0.3, 0.4) is 0 Å². The molecule has 6 aromatic carbocycles. The van der Waals surface area contributed by atoms with Gasteiger partial charge in [-0.2, -0.15) is 21.9 Å². The Labute approximate surface area is 322 Å². The topological polar surface area (TPSA) is 32.6 Å². The fourth-order valence-corrected chi connectivity index (χ4v) is 10.0. The van der Waals surface area contributed by atoms with Crippen LogP contribution in [0.2, 0.25) is 0 Å². The van der Waals surface area contributed by atoms with Gasteiger partial charge in [0.25, 0.3) is 0 Å². The molecule has 9 rings (SSSR count). The Morgan fingerprint density at radius 1 is 0.611 bits per heavy atom. The average Bonchev–Trinajstić information content (AvgIpc) is 3.50. The molecule has 3 heterocycles. The molecule has 0 spiro atoms. The van der Waals surface area contributed by atoms with Gasteiger partial charge < -0.3 is 4.74 Å². The van der Waals surface area contributed by atoms with Crippen molar-refractivity contribution in [1.82, 2.24) is 4.90 Å². The second kappa shape index (κ2) is 16.3. The zero-order valence-corrected chi connectivity index (χ0v) is 31.9. The Kier molecular flexibility index (Phi) is 10.7. The summed E-state index contributed by atoms with van der Waals surface area (Å²) in [5.41, 5.74) is 6.63. The minimum Gasteiger partial charge on any atom is -0.496 e. The van der Waals surface area contributed by atoms with Crippen LogP contribution in [-0.2, 0) is 6.54 Å². The number of fused-ring (bicyclic) bond motifs is 3. The molecule has 0 bridgehead atoms. The molecule has 7 aromatic rings. The molecule has 4 nitrogen and oxygen atoms in total. The molecule has 1 saturated heterocycles. The summed E-state index contributed by atoms with van der Waals surface area (Å²) in [5.74, 6) is 2.33.